The zero-order valence-electron chi connectivity index (χ0n) is 28.9. The number of ketones is 2. The molecular weight excluding hydrogens is 715 g/mol. The summed E-state index contributed by atoms with van der Waals surface area (Å²) in [6.45, 7) is 2.44. The van der Waals surface area contributed by atoms with Crippen molar-refractivity contribution in [2.75, 3.05) is 39.1 Å². The van der Waals surface area contributed by atoms with E-state index in [-0.39, 0.29) is 27.1 Å². The molecule has 4 aromatic rings. The minimum absolute atomic E-state index is 0.192. The van der Waals surface area contributed by atoms with Gasteiger partial charge >= 0.3 is 0 Å². The molecular formula is C36H34Cl2N6O8. The molecule has 4 aromatic carbocycles. The fraction of sp³-hybridized carbons (Fsp3) is 0.222. The van der Waals surface area contributed by atoms with Gasteiger partial charge in [-0.3, -0.25) is 19.2 Å². The molecule has 0 saturated carbocycles. The molecule has 2 amide bonds. The van der Waals surface area contributed by atoms with Crippen LogP contribution in [0.3, 0.4) is 0 Å². The number of nitrogens with one attached hydrogen (secondary N) is 2. The number of carbonyl (C=O) groups is 4. The SMILES string of the molecule is COc1cccc(OC)c1NC(=O)C(N=Nc1ccc(-c2c(Cl)cc(N=NC(C(C)=O)C(=O)Nc3c(OC)cccc3OC)cc2Cl)cc1)C(C)=O. The van der Waals surface area contributed by atoms with E-state index in [9.17, 15) is 19.2 Å². The van der Waals surface area contributed by atoms with E-state index in [0.717, 1.165) is 0 Å². The zero-order valence-corrected chi connectivity index (χ0v) is 30.4. The summed E-state index contributed by atoms with van der Waals surface area (Å²) in [6, 6.07) is 16.5. The van der Waals surface area contributed by atoms with Crippen molar-refractivity contribution in [3.8, 4) is 34.1 Å². The number of hydrogen-bond donors (Lipinski definition) is 2. The van der Waals surface area contributed by atoms with Crippen LogP contribution in [0.1, 0.15) is 13.8 Å². The fourth-order valence-corrected chi connectivity index (χ4v) is 5.50. The van der Waals surface area contributed by atoms with E-state index in [1.54, 1.807) is 60.7 Å². The molecule has 14 nitrogen and oxygen atoms in total. The number of carbonyl (C=O) groups excluding carboxylic acids is 4. The van der Waals surface area contributed by atoms with Gasteiger partial charge in [0.05, 0.1) is 49.9 Å². The highest BCUT2D eigenvalue weighted by atomic mass is 35.5. The summed E-state index contributed by atoms with van der Waals surface area (Å²) < 4.78 is 21.2. The molecule has 2 atom stereocenters. The Balaban J connectivity index is 1.50. The number of azo groups is 2. The predicted octanol–water partition coefficient (Wildman–Crippen LogP) is 8.05. The number of rotatable bonds is 15. The second-order valence-electron chi connectivity index (χ2n) is 10.8. The lowest BCUT2D eigenvalue weighted by Crippen LogP contribution is -2.32. The Morgan fingerprint density at radius 2 is 0.942 bits per heavy atom. The predicted molar refractivity (Wildman–Crippen MR) is 196 cm³/mol. The second kappa shape index (κ2) is 17.9. The molecule has 270 valence electrons. The Kier molecular flexibility index (Phi) is 13.4. The van der Waals surface area contributed by atoms with Crippen LogP contribution in [0.4, 0.5) is 22.7 Å². The van der Waals surface area contributed by atoms with Crippen LogP contribution in [0.15, 0.2) is 93.3 Å². The minimum atomic E-state index is -1.49. The van der Waals surface area contributed by atoms with Gasteiger partial charge in [0.15, 0.2) is 11.6 Å². The van der Waals surface area contributed by atoms with Crippen molar-refractivity contribution in [1.29, 1.82) is 0 Å². The lowest BCUT2D eigenvalue weighted by molar-refractivity contribution is -0.127. The average molecular weight is 750 g/mol. The zero-order chi connectivity index (χ0) is 37.9. The van der Waals surface area contributed by atoms with Crippen LogP contribution in [-0.2, 0) is 19.2 Å². The first-order chi connectivity index (χ1) is 24.9. The summed E-state index contributed by atoms with van der Waals surface area (Å²) in [7, 11) is 5.74. The summed E-state index contributed by atoms with van der Waals surface area (Å²) >= 11 is 13.2. The van der Waals surface area contributed by atoms with Crippen LogP contribution in [0.2, 0.25) is 10.0 Å². The maximum absolute atomic E-state index is 13.1. The molecule has 0 aliphatic carbocycles. The number of para-hydroxylation sites is 2. The van der Waals surface area contributed by atoms with Gasteiger partial charge in [-0.2, -0.15) is 20.5 Å². The van der Waals surface area contributed by atoms with E-state index in [1.807, 2.05) is 0 Å². The van der Waals surface area contributed by atoms with Crippen molar-refractivity contribution >= 4 is 69.3 Å². The van der Waals surface area contributed by atoms with Gasteiger partial charge in [0.1, 0.15) is 34.4 Å². The molecule has 4 rings (SSSR count). The molecule has 0 aromatic heterocycles. The number of Topliss-reactive ketones (excluding diaryl/α,β-unsaturated/α-hetero) is 2. The van der Waals surface area contributed by atoms with Gasteiger partial charge in [-0.15, -0.1) is 0 Å². The number of amides is 2. The van der Waals surface area contributed by atoms with Crippen molar-refractivity contribution in [2.24, 2.45) is 20.5 Å². The van der Waals surface area contributed by atoms with Crippen molar-refractivity contribution in [3.05, 3.63) is 82.8 Å². The molecule has 52 heavy (non-hydrogen) atoms. The molecule has 0 aliphatic heterocycles. The van der Waals surface area contributed by atoms with Gasteiger partial charge in [0.2, 0.25) is 12.1 Å². The average Bonchev–Trinajstić information content (AvgIpc) is 3.12. The van der Waals surface area contributed by atoms with E-state index in [1.165, 1.54) is 54.4 Å². The number of anilines is 2. The van der Waals surface area contributed by atoms with E-state index >= 15 is 0 Å². The van der Waals surface area contributed by atoms with E-state index < -0.39 is 35.5 Å². The molecule has 0 fully saturated rings. The first kappa shape index (κ1) is 38.9. The standard InChI is InChI=1S/C36H34Cl2N6O8/c1-19(45)31(35(47)39-33-26(49-3)9-7-10-27(33)50-4)43-41-22-15-13-21(14-16-22)30-24(37)17-23(18-25(30)38)42-44-32(20(2)46)36(48)40-34-28(51-5)11-8-12-29(34)52-6/h7-18,31-32H,1-6H3,(H,39,47)(H,40,48). The third-order valence-electron chi connectivity index (χ3n) is 7.38. The summed E-state index contributed by atoms with van der Waals surface area (Å²) in [5.74, 6) is -1.24. The van der Waals surface area contributed by atoms with Gasteiger partial charge in [-0.25, -0.2) is 0 Å². The van der Waals surface area contributed by atoms with Gasteiger partial charge in [-0.05, 0) is 67.9 Å². The molecule has 16 heteroatoms. The number of ether oxygens (including phenoxy) is 4. The molecule has 0 heterocycles. The highest BCUT2D eigenvalue weighted by Crippen LogP contribution is 2.39. The molecule has 0 radical (unpaired) electrons. The van der Waals surface area contributed by atoms with Crippen LogP contribution in [-0.4, -0.2) is 63.9 Å². The van der Waals surface area contributed by atoms with Crippen molar-refractivity contribution < 1.29 is 38.1 Å². The molecule has 2 unspecified atom stereocenters. The normalized spacial score (nSPS) is 12.2. The third-order valence-corrected chi connectivity index (χ3v) is 7.98. The fourth-order valence-electron chi connectivity index (χ4n) is 4.81. The van der Waals surface area contributed by atoms with Crippen molar-refractivity contribution in [3.63, 3.8) is 0 Å². The summed E-state index contributed by atoms with van der Waals surface area (Å²) in [5, 5.41) is 21.8. The monoisotopic (exact) mass is 748 g/mol. The summed E-state index contributed by atoms with van der Waals surface area (Å²) in [5.41, 5.74) is 2.08. The minimum Gasteiger partial charge on any atom is -0.494 e. The molecule has 2 N–H and O–H groups in total. The smallest absolute Gasteiger partial charge is 0.259 e. The van der Waals surface area contributed by atoms with Crippen molar-refractivity contribution in [2.45, 2.75) is 25.9 Å². The van der Waals surface area contributed by atoms with Crippen LogP contribution in [0.5, 0.6) is 23.0 Å². The summed E-state index contributed by atoms with van der Waals surface area (Å²) in [6.07, 6.45) is 0. The largest absolute Gasteiger partial charge is 0.494 e. The molecule has 0 saturated heterocycles. The number of halogens is 2. The number of nitrogens with zero attached hydrogens (tertiary/aromatic N) is 4. The number of benzene rings is 4. The lowest BCUT2D eigenvalue weighted by Gasteiger charge is -2.15. The topological polar surface area (TPSA) is 179 Å². The first-order valence-electron chi connectivity index (χ1n) is 15.4. The maximum Gasteiger partial charge on any atom is 0.259 e. The number of methoxy groups -OCH3 is 4. The second-order valence-corrected chi connectivity index (χ2v) is 11.7. The Morgan fingerprint density at radius 1 is 0.577 bits per heavy atom. The summed E-state index contributed by atoms with van der Waals surface area (Å²) in [4.78, 5) is 50.9. The molecule has 0 spiro atoms. The van der Waals surface area contributed by atoms with Crippen LogP contribution < -0.4 is 29.6 Å². The van der Waals surface area contributed by atoms with Crippen molar-refractivity contribution in [1.82, 2.24) is 0 Å². The van der Waals surface area contributed by atoms with Crippen LogP contribution in [0.25, 0.3) is 11.1 Å². The van der Waals surface area contributed by atoms with E-state index in [2.05, 4.69) is 31.1 Å². The van der Waals surface area contributed by atoms with Crippen LogP contribution >= 0.6 is 23.2 Å². The van der Waals surface area contributed by atoms with Gasteiger partial charge in [0.25, 0.3) is 11.8 Å². The van der Waals surface area contributed by atoms with Gasteiger partial charge in [-0.1, -0.05) is 47.5 Å². The van der Waals surface area contributed by atoms with Gasteiger partial charge in [0, 0.05) is 5.56 Å². The highest BCUT2D eigenvalue weighted by molar-refractivity contribution is 6.39. The van der Waals surface area contributed by atoms with Crippen LogP contribution in [0, 0.1) is 0 Å². The lowest BCUT2D eigenvalue weighted by atomic mass is 10.0. The Morgan fingerprint density at radius 3 is 1.29 bits per heavy atom. The van der Waals surface area contributed by atoms with E-state index in [0.29, 0.717) is 39.8 Å². The number of hydrogen-bond acceptors (Lipinski definition) is 12. The first-order valence-corrected chi connectivity index (χ1v) is 16.1. The van der Waals surface area contributed by atoms with E-state index in [4.69, 9.17) is 42.1 Å². The Labute approximate surface area is 309 Å². The third kappa shape index (κ3) is 9.27. The Bertz CT molecular complexity index is 1970. The molecule has 0 aliphatic rings. The quantitative estimate of drug-likeness (QED) is 0.0905. The Hall–Kier alpha value is -5.86. The van der Waals surface area contributed by atoms with Gasteiger partial charge < -0.3 is 29.6 Å². The maximum atomic E-state index is 13.1. The highest BCUT2D eigenvalue weighted by Gasteiger charge is 2.27. The molecule has 0 bridgehead atoms.